The van der Waals surface area contributed by atoms with Gasteiger partial charge in [0.2, 0.25) is 10.0 Å². The van der Waals surface area contributed by atoms with Crippen molar-refractivity contribution in [3.8, 4) is 5.75 Å². The molecule has 0 spiro atoms. The maximum absolute atomic E-state index is 12.3. The molecule has 0 aliphatic rings. The molecule has 2 amide bonds. The standard InChI is InChI=1S/C26H27IN4O5S/c1-19(21-6-4-3-5-7-21)29-26(33)18-36-24-14-8-20(9-15-24)16-28-30-25(32)17-31(37(2,34)35)23-12-10-22(27)11-13-23/h3-16,19H,17-18H2,1-2H3,(H,29,33)(H,30,32)/b28-16-/t19-/m1/s1. The van der Waals surface area contributed by atoms with E-state index in [9.17, 15) is 18.0 Å². The number of carbonyl (C=O) groups is 2. The second-order valence-corrected chi connectivity index (χ2v) is 11.2. The first kappa shape index (κ1) is 28.1. The Morgan fingerprint density at radius 3 is 2.27 bits per heavy atom. The van der Waals surface area contributed by atoms with Crippen molar-refractivity contribution in [3.63, 3.8) is 0 Å². The summed E-state index contributed by atoms with van der Waals surface area (Å²) in [6.07, 6.45) is 2.46. The number of ether oxygens (including phenoxy) is 1. The van der Waals surface area contributed by atoms with Crippen LogP contribution >= 0.6 is 22.6 Å². The maximum Gasteiger partial charge on any atom is 0.260 e. The summed E-state index contributed by atoms with van der Waals surface area (Å²) in [7, 11) is -3.66. The van der Waals surface area contributed by atoms with E-state index in [1.165, 1.54) is 6.21 Å². The smallest absolute Gasteiger partial charge is 0.260 e. The number of nitrogens with zero attached hydrogens (tertiary/aromatic N) is 2. The summed E-state index contributed by atoms with van der Waals surface area (Å²) in [6.45, 7) is 1.37. The van der Waals surface area contributed by atoms with Gasteiger partial charge in [0, 0.05) is 3.57 Å². The molecular weight excluding hydrogens is 607 g/mol. The topological polar surface area (TPSA) is 117 Å². The number of hydrazone groups is 1. The predicted octanol–water partition coefficient (Wildman–Crippen LogP) is 3.46. The first-order chi connectivity index (χ1) is 17.6. The van der Waals surface area contributed by atoms with Gasteiger partial charge in [-0.05, 0) is 89.2 Å². The van der Waals surface area contributed by atoms with Crippen LogP contribution in [0.3, 0.4) is 0 Å². The molecule has 0 bridgehead atoms. The van der Waals surface area contributed by atoms with Crippen LogP contribution in [0.5, 0.6) is 5.75 Å². The molecule has 1 atom stereocenters. The third kappa shape index (κ3) is 9.17. The molecule has 3 aromatic carbocycles. The predicted molar refractivity (Wildman–Crippen MR) is 152 cm³/mol. The number of nitrogens with one attached hydrogen (secondary N) is 2. The van der Waals surface area contributed by atoms with Gasteiger partial charge < -0.3 is 10.1 Å². The zero-order valence-electron chi connectivity index (χ0n) is 20.3. The van der Waals surface area contributed by atoms with Gasteiger partial charge in [0.25, 0.3) is 11.8 Å². The van der Waals surface area contributed by atoms with Gasteiger partial charge in [-0.3, -0.25) is 13.9 Å². The van der Waals surface area contributed by atoms with Crippen molar-refractivity contribution in [1.82, 2.24) is 10.7 Å². The van der Waals surface area contributed by atoms with E-state index in [1.807, 2.05) is 37.3 Å². The van der Waals surface area contributed by atoms with Crippen molar-refractivity contribution >= 4 is 56.3 Å². The number of benzene rings is 3. The summed E-state index contributed by atoms with van der Waals surface area (Å²) in [5.74, 6) is -0.320. The van der Waals surface area contributed by atoms with Crippen LogP contribution in [0, 0.1) is 3.57 Å². The molecule has 2 N–H and O–H groups in total. The van der Waals surface area contributed by atoms with Crippen LogP contribution in [-0.4, -0.2) is 45.9 Å². The molecule has 194 valence electrons. The number of anilines is 1. The Kier molecular flexibility index (Phi) is 10.0. The van der Waals surface area contributed by atoms with Crippen LogP contribution in [0.25, 0.3) is 0 Å². The number of carbonyl (C=O) groups excluding carboxylic acids is 2. The molecule has 0 aliphatic carbocycles. The van der Waals surface area contributed by atoms with E-state index < -0.39 is 22.5 Å². The first-order valence-electron chi connectivity index (χ1n) is 11.2. The van der Waals surface area contributed by atoms with Crippen molar-refractivity contribution in [2.45, 2.75) is 13.0 Å². The third-order valence-corrected chi connectivity index (χ3v) is 6.99. The van der Waals surface area contributed by atoms with E-state index >= 15 is 0 Å². The van der Waals surface area contributed by atoms with Gasteiger partial charge >= 0.3 is 0 Å². The normalized spacial score (nSPS) is 12.1. The summed E-state index contributed by atoms with van der Waals surface area (Å²) in [5, 5.41) is 6.78. The van der Waals surface area contributed by atoms with Crippen LogP contribution in [0.4, 0.5) is 5.69 Å². The number of hydrogen-bond acceptors (Lipinski definition) is 6. The third-order valence-electron chi connectivity index (χ3n) is 5.13. The van der Waals surface area contributed by atoms with Gasteiger partial charge in [0.05, 0.1) is 24.2 Å². The van der Waals surface area contributed by atoms with Crippen LogP contribution in [0.15, 0.2) is 84.0 Å². The molecule has 9 nitrogen and oxygen atoms in total. The lowest BCUT2D eigenvalue weighted by Gasteiger charge is -2.21. The zero-order chi connectivity index (χ0) is 26.8. The molecule has 37 heavy (non-hydrogen) atoms. The summed E-state index contributed by atoms with van der Waals surface area (Å²) >= 11 is 2.11. The van der Waals surface area contributed by atoms with Crippen LogP contribution in [0.2, 0.25) is 0 Å². The Hall–Kier alpha value is -3.45. The number of sulfonamides is 1. The Morgan fingerprint density at radius 1 is 1.00 bits per heavy atom. The van der Waals surface area contributed by atoms with E-state index in [4.69, 9.17) is 4.74 Å². The molecule has 0 fully saturated rings. The van der Waals surface area contributed by atoms with Crippen molar-refractivity contribution < 1.29 is 22.7 Å². The minimum absolute atomic E-state index is 0.127. The molecule has 11 heteroatoms. The van der Waals surface area contributed by atoms with E-state index in [1.54, 1.807) is 48.5 Å². The van der Waals surface area contributed by atoms with Crippen LogP contribution in [0.1, 0.15) is 24.1 Å². The molecule has 0 unspecified atom stereocenters. The average molecular weight is 634 g/mol. The average Bonchev–Trinajstić information content (AvgIpc) is 2.87. The van der Waals surface area contributed by atoms with Gasteiger partial charge in [-0.25, -0.2) is 13.8 Å². The zero-order valence-corrected chi connectivity index (χ0v) is 23.3. The van der Waals surface area contributed by atoms with Gasteiger partial charge in [-0.1, -0.05) is 30.3 Å². The fourth-order valence-electron chi connectivity index (χ4n) is 3.26. The molecule has 0 saturated carbocycles. The van der Waals surface area contributed by atoms with Crippen molar-refractivity contribution in [3.05, 3.63) is 93.6 Å². The monoisotopic (exact) mass is 634 g/mol. The van der Waals surface area contributed by atoms with E-state index in [2.05, 4.69) is 38.4 Å². The largest absolute Gasteiger partial charge is 0.484 e. The second kappa shape index (κ2) is 13.2. The molecule has 0 saturated heterocycles. The van der Waals surface area contributed by atoms with E-state index in [0.717, 1.165) is 19.7 Å². The molecular formula is C26H27IN4O5S. The Morgan fingerprint density at radius 2 is 1.65 bits per heavy atom. The molecule has 0 aromatic heterocycles. The van der Waals surface area contributed by atoms with E-state index in [-0.39, 0.29) is 18.6 Å². The van der Waals surface area contributed by atoms with Crippen LogP contribution in [-0.2, 0) is 19.6 Å². The summed E-state index contributed by atoms with van der Waals surface area (Å²) < 4.78 is 31.8. The number of halogens is 1. The summed E-state index contributed by atoms with van der Waals surface area (Å²) in [6, 6.07) is 23.1. The van der Waals surface area contributed by atoms with Crippen LogP contribution < -0.4 is 19.8 Å². The van der Waals surface area contributed by atoms with Crippen molar-refractivity contribution in [1.29, 1.82) is 0 Å². The van der Waals surface area contributed by atoms with Crippen molar-refractivity contribution in [2.75, 3.05) is 23.7 Å². The minimum atomic E-state index is -3.66. The quantitative estimate of drug-likeness (QED) is 0.191. The first-order valence-corrected chi connectivity index (χ1v) is 14.2. The van der Waals surface area contributed by atoms with Gasteiger partial charge in [-0.2, -0.15) is 5.10 Å². The summed E-state index contributed by atoms with van der Waals surface area (Å²) in [5.41, 5.74) is 4.41. The minimum Gasteiger partial charge on any atom is -0.484 e. The SMILES string of the molecule is C[C@@H](NC(=O)COc1ccc(/C=N\NC(=O)CN(c2ccc(I)cc2)S(C)(=O)=O)cc1)c1ccccc1. The Balaban J connectivity index is 1.47. The number of amides is 2. The highest BCUT2D eigenvalue weighted by atomic mass is 127. The van der Waals surface area contributed by atoms with Gasteiger partial charge in [-0.15, -0.1) is 0 Å². The lowest BCUT2D eigenvalue weighted by molar-refractivity contribution is -0.123. The number of hydrogen-bond donors (Lipinski definition) is 2. The van der Waals surface area contributed by atoms with Crippen molar-refractivity contribution in [2.24, 2.45) is 5.10 Å². The lowest BCUT2D eigenvalue weighted by Crippen LogP contribution is -2.39. The highest BCUT2D eigenvalue weighted by Gasteiger charge is 2.20. The fourth-order valence-corrected chi connectivity index (χ4v) is 4.48. The van der Waals surface area contributed by atoms with E-state index in [0.29, 0.717) is 17.0 Å². The van der Waals surface area contributed by atoms with Gasteiger partial charge in [0.15, 0.2) is 6.61 Å². The fraction of sp³-hybridized carbons (Fsp3) is 0.192. The highest BCUT2D eigenvalue weighted by molar-refractivity contribution is 14.1. The second-order valence-electron chi connectivity index (χ2n) is 8.10. The highest BCUT2D eigenvalue weighted by Crippen LogP contribution is 2.19. The molecule has 0 radical (unpaired) electrons. The molecule has 3 rings (SSSR count). The number of rotatable bonds is 11. The lowest BCUT2D eigenvalue weighted by atomic mass is 10.1. The molecule has 0 aliphatic heterocycles. The molecule has 3 aromatic rings. The molecule has 0 heterocycles. The maximum atomic E-state index is 12.3. The Bertz CT molecular complexity index is 1330. The summed E-state index contributed by atoms with van der Waals surface area (Å²) in [4.78, 5) is 24.5. The van der Waals surface area contributed by atoms with Gasteiger partial charge in [0.1, 0.15) is 12.3 Å². The Labute approximate surface area is 230 Å².